The summed E-state index contributed by atoms with van der Waals surface area (Å²) in [6, 6.07) is 0. The molecule has 0 aliphatic rings. The van der Waals surface area contributed by atoms with E-state index in [0.29, 0.717) is 0 Å². The van der Waals surface area contributed by atoms with Gasteiger partial charge in [-0.25, -0.2) is 0 Å². The summed E-state index contributed by atoms with van der Waals surface area (Å²) in [5, 5.41) is -0.242. The van der Waals surface area contributed by atoms with Gasteiger partial charge in [0, 0.05) is 0 Å². The minimum atomic E-state index is -0.206. The van der Waals surface area contributed by atoms with Crippen molar-refractivity contribution in [3.63, 3.8) is 0 Å². The number of hydrogen-bond acceptors (Lipinski definition) is 9. The first-order valence-electron chi connectivity index (χ1n) is 15.3. The highest BCUT2D eigenvalue weighted by molar-refractivity contribution is 9.46. The van der Waals surface area contributed by atoms with Gasteiger partial charge in [0.05, 0.1) is 10.5 Å². The molecule has 39 heavy (non-hydrogen) atoms. The molecule has 0 radical (unpaired) electrons. The topological polar surface area (TPSA) is 86.2 Å². The van der Waals surface area contributed by atoms with E-state index in [-0.39, 0.29) is 22.3 Å². The van der Waals surface area contributed by atoms with E-state index in [4.69, 9.17) is 11.5 Å². The summed E-state index contributed by atoms with van der Waals surface area (Å²) in [5.74, 6) is -0.411. The fourth-order valence-corrected chi connectivity index (χ4v) is 19.4. The van der Waals surface area contributed by atoms with Crippen LogP contribution in [0.1, 0.15) is 155 Å². The minimum absolute atomic E-state index is 0.121. The van der Waals surface area contributed by atoms with Crippen LogP contribution < -0.4 is 11.5 Å². The van der Waals surface area contributed by atoms with Crippen LogP contribution in [0.4, 0.5) is 0 Å². The molecule has 0 fully saturated rings. The average Bonchev–Trinajstić information content (AvgIpc) is 2.91. The van der Waals surface area contributed by atoms with Gasteiger partial charge in [0.2, 0.25) is 11.8 Å². The Kier molecular flexibility index (Phi) is 33.5. The van der Waals surface area contributed by atoms with E-state index in [1.54, 1.807) is 70.7 Å². The Morgan fingerprint density at radius 1 is 0.436 bits per heavy atom. The second-order valence-electron chi connectivity index (χ2n) is 10.3. The van der Waals surface area contributed by atoms with Crippen LogP contribution in [0.15, 0.2) is 0 Å². The van der Waals surface area contributed by atoms with Crippen LogP contribution in [0, 0.1) is 0 Å². The standard InChI is InChI=1S/C28H56N2O2S7/c1-3-5-7-9-11-13-15-17-19-21-23-25(27(29)31)33-35-37-39-38-36-34-26(28(30)32)24-22-20-18-16-14-12-10-8-6-4-2/h25-26H,3-24H2,1-2H3,(H2,29,31)(H2,30,32). The lowest BCUT2D eigenvalue weighted by Crippen LogP contribution is -2.24. The maximum absolute atomic E-state index is 11.8. The molecule has 2 amide bonds. The van der Waals surface area contributed by atoms with Crippen LogP contribution in [0.25, 0.3) is 0 Å². The Bertz CT molecular complexity index is 516. The van der Waals surface area contributed by atoms with Crippen molar-refractivity contribution in [1.82, 2.24) is 0 Å². The molecule has 0 aromatic heterocycles. The lowest BCUT2D eigenvalue weighted by Gasteiger charge is -2.12. The normalized spacial score (nSPS) is 13.0. The van der Waals surface area contributed by atoms with E-state index in [9.17, 15) is 9.59 Å². The second-order valence-corrected chi connectivity index (χ2v) is 21.8. The van der Waals surface area contributed by atoms with Gasteiger partial charge in [0.25, 0.3) is 0 Å². The van der Waals surface area contributed by atoms with Crippen LogP contribution in [0.3, 0.4) is 0 Å². The Labute approximate surface area is 267 Å². The molecule has 2 atom stereocenters. The Morgan fingerprint density at radius 2 is 0.692 bits per heavy atom. The molecule has 0 aromatic rings. The molecule has 0 aliphatic carbocycles. The smallest absolute Gasteiger partial charge is 0.231 e. The van der Waals surface area contributed by atoms with E-state index < -0.39 is 0 Å². The first-order valence-corrected chi connectivity index (χ1v) is 24.2. The molecule has 0 heterocycles. The van der Waals surface area contributed by atoms with Crippen molar-refractivity contribution in [2.24, 2.45) is 11.5 Å². The largest absolute Gasteiger partial charge is 0.369 e. The van der Waals surface area contributed by atoms with Crippen molar-refractivity contribution in [3.05, 3.63) is 0 Å². The molecule has 4 nitrogen and oxygen atoms in total. The molecule has 0 spiro atoms. The highest BCUT2D eigenvalue weighted by atomic mass is 33.9. The number of primary amides is 2. The number of carbonyl (C=O) groups excluding carboxylic acids is 2. The maximum Gasteiger partial charge on any atom is 0.231 e. The summed E-state index contributed by atoms with van der Waals surface area (Å²) >= 11 is 0. The molecule has 0 saturated carbocycles. The monoisotopic (exact) mass is 676 g/mol. The van der Waals surface area contributed by atoms with Gasteiger partial charge >= 0.3 is 0 Å². The van der Waals surface area contributed by atoms with Gasteiger partial charge < -0.3 is 11.5 Å². The van der Waals surface area contributed by atoms with Crippen molar-refractivity contribution >= 4 is 82.5 Å². The third-order valence-corrected chi connectivity index (χ3v) is 20.4. The van der Waals surface area contributed by atoms with Gasteiger partial charge in [0.15, 0.2) is 0 Å². The number of hydrogen-bond donors (Lipinski definition) is 2. The first-order chi connectivity index (χ1) is 19.0. The average molecular weight is 677 g/mol. The highest BCUT2D eigenvalue weighted by Crippen LogP contribution is 2.56. The first kappa shape index (κ1) is 40.4. The van der Waals surface area contributed by atoms with Crippen molar-refractivity contribution in [3.8, 4) is 0 Å². The summed E-state index contributed by atoms with van der Waals surface area (Å²) < 4.78 is 0. The number of unbranched alkanes of at least 4 members (excludes halogenated alkanes) is 18. The Morgan fingerprint density at radius 3 is 0.974 bits per heavy atom. The Hall–Kier alpha value is 1.39. The zero-order valence-electron chi connectivity index (χ0n) is 24.5. The molecule has 4 N–H and O–H groups in total. The predicted octanol–water partition coefficient (Wildman–Crippen LogP) is 11.9. The number of amides is 2. The molecule has 0 saturated heterocycles. The summed E-state index contributed by atoms with van der Waals surface area (Å²) in [4.78, 5) is 23.6. The summed E-state index contributed by atoms with van der Waals surface area (Å²) in [5.41, 5.74) is 11.3. The van der Waals surface area contributed by atoms with Crippen molar-refractivity contribution in [2.75, 3.05) is 0 Å². The van der Waals surface area contributed by atoms with E-state index in [0.717, 1.165) is 25.7 Å². The summed E-state index contributed by atoms with van der Waals surface area (Å²) in [6.07, 6.45) is 27.7. The van der Waals surface area contributed by atoms with Gasteiger partial charge in [-0.2, -0.15) is 0 Å². The lowest BCUT2D eigenvalue weighted by molar-refractivity contribution is -0.118. The molecule has 2 unspecified atom stereocenters. The van der Waals surface area contributed by atoms with Crippen LogP contribution in [-0.4, -0.2) is 22.3 Å². The van der Waals surface area contributed by atoms with E-state index in [1.807, 2.05) is 0 Å². The third kappa shape index (κ3) is 29.2. The molecule has 0 bridgehead atoms. The molecule has 0 rings (SSSR count). The quantitative estimate of drug-likeness (QED) is 0.0534. The van der Waals surface area contributed by atoms with Crippen molar-refractivity contribution < 1.29 is 9.59 Å². The number of nitrogens with two attached hydrogens (primary N) is 2. The zero-order chi connectivity index (χ0) is 28.8. The molecular formula is C28H56N2O2S7. The molecular weight excluding hydrogens is 621 g/mol. The van der Waals surface area contributed by atoms with Crippen LogP contribution >= 0.6 is 70.7 Å². The fourth-order valence-electron chi connectivity index (χ4n) is 4.27. The predicted molar refractivity (Wildman–Crippen MR) is 192 cm³/mol. The molecule has 232 valence electrons. The van der Waals surface area contributed by atoms with Gasteiger partial charge in [0.1, 0.15) is 0 Å². The minimum Gasteiger partial charge on any atom is -0.369 e. The van der Waals surface area contributed by atoms with Crippen LogP contribution in [0.2, 0.25) is 0 Å². The lowest BCUT2D eigenvalue weighted by atomic mass is 10.1. The maximum atomic E-state index is 11.8. The number of carbonyl (C=O) groups is 2. The molecule has 0 aliphatic heterocycles. The fraction of sp³-hybridized carbons (Fsp3) is 0.929. The van der Waals surface area contributed by atoms with E-state index in [2.05, 4.69) is 13.8 Å². The highest BCUT2D eigenvalue weighted by Gasteiger charge is 2.18. The van der Waals surface area contributed by atoms with E-state index in [1.165, 1.54) is 116 Å². The van der Waals surface area contributed by atoms with Gasteiger partial charge in [-0.3, -0.25) is 9.59 Å². The third-order valence-electron chi connectivity index (χ3n) is 6.70. The van der Waals surface area contributed by atoms with E-state index >= 15 is 0 Å². The van der Waals surface area contributed by atoms with Crippen molar-refractivity contribution in [1.29, 1.82) is 0 Å². The SMILES string of the molecule is CCCCCCCCCCCCC(SSSSSSSC(CCCCCCCCCCCC)C(N)=O)C(N)=O. The van der Waals surface area contributed by atoms with Crippen molar-refractivity contribution in [2.45, 2.75) is 166 Å². The molecule has 0 aromatic carbocycles. The Balaban J connectivity index is 3.71. The van der Waals surface area contributed by atoms with Gasteiger partial charge in [-0.1, -0.05) is 164 Å². The summed E-state index contributed by atoms with van der Waals surface area (Å²) in [7, 11) is 11.4. The zero-order valence-corrected chi connectivity index (χ0v) is 30.3. The number of rotatable bonds is 32. The summed E-state index contributed by atoms with van der Waals surface area (Å²) in [6.45, 7) is 4.52. The second kappa shape index (κ2) is 32.3. The van der Waals surface area contributed by atoms with Gasteiger partial charge in [-0.15, -0.1) is 0 Å². The van der Waals surface area contributed by atoms with Gasteiger partial charge in [-0.05, 0) is 62.0 Å². The van der Waals surface area contributed by atoms with Crippen LogP contribution in [-0.2, 0) is 9.59 Å². The molecule has 11 heteroatoms. The van der Waals surface area contributed by atoms with Crippen LogP contribution in [0.5, 0.6) is 0 Å².